The minimum absolute atomic E-state index is 0.139. The molecule has 1 atom stereocenters. The second-order valence-electron chi connectivity index (χ2n) is 10.4. The van der Waals surface area contributed by atoms with Gasteiger partial charge in [0, 0.05) is 24.8 Å². The number of halogens is 1. The van der Waals surface area contributed by atoms with Crippen LogP contribution in [0, 0.1) is 36.0 Å². The van der Waals surface area contributed by atoms with Crippen molar-refractivity contribution < 1.29 is 14.2 Å². The predicted molar refractivity (Wildman–Crippen MR) is 144 cm³/mol. The number of rotatable bonds is 6. The molecule has 5 heterocycles. The molecule has 0 saturated carbocycles. The van der Waals surface area contributed by atoms with Gasteiger partial charge in [0.25, 0.3) is 0 Å². The number of ether oxygens (including phenoxy) is 1. The van der Waals surface area contributed by atoms with E-state index in [4.69, 9.17) is 10.5 Å². The predicted octanol–water partition coefficient (Wildman–Crippen LogP) is 2.75. The van der Waals surface area contributed by atoms with Gasteiger partial charge < -0.3 is 20.5 Å². The Kier molecular flexibility index (Phi) is 7.39. The van der Waals surface area contributed by atoms with Gasteiger partial charge >= 0.3 is 0 Å². The second kappa shape index (κ2) is 10.9. The number of nitriles is 1. The molecule has 3 N–H and O–H groups in total. The van der Waals surface area contributed by atoms with Gasteiger partial charge in [0.15, 0.2) is 12.3 Å². The lowest BCUT2D eigenvalue weighted by Crippen LogP contribution is -2.31. The molecule has 40 heavy (non-hydrogen) atoms. The van der Waals surface area contributed by atoms with Gasteiger partial charge in [-0.05, 0) is 51.8 Å². The Morgan fingerprint density at radius 2 is 2.05 bits per heavy atom. The first-order valence-electron chi connectivity index (χ1n) is 13.0. The topological polar surface area (TPSA) is 143 Å². The SMILES string of the molecule is Cc1c(-c2cc(O[C@H](CO)c3ccc(F)cn3)c3c(C#CC(C)(C)N)cnn3c2)nnn1C1CCN(C#N)CC1. The van der Waals surface area contributed by atoms with Crippen LogP contribution in [0.3, 0.4) is 0 Å². The van der Waals surface area contributed by atoms with E-state index < -0.39 is 24.1 Å². The Hall–Kier alpha value is -4.52. The van der Waals surface area contributed by atoms with E-state index in [2.05, 4.69) is 38.4 Å². The molecule has 0 radical (unpaired) electrons. The molecule has 1 fully saturated rings. The summed E-state index contributed by atoms with van der Waals surface area (Å²) in [4.78, 5) is 5.84. The molecular formula is C28H30FN9O2. The van der Waals surface area contributed by atoms with Crippen LogP contribution < -0.4 is 10.5 Å². The van der Waals surface area contributed by atoms with Crippen molar-refractivity contribution in [2.24, 2.45) is 5.73 Å². The monoisotopic (exact) mass is 543 g/mol. The number of hydrogen-bond acceptors (Lipinski definition) is 9. The Bertz CT molecular complexity index is 1610. The molecule has 1 saturated heterocycles. The minimum atomic E-state index is -0.872. The molecule has 1 aliphatic rings. The van der Waals surface area contributed by atoms with Crippen LogP contribution in [0.25, 0.3) is 16.8 Å². The van der Waals surface area contributed by atoms with E-state index in [0.717, 1.165) is 24.7 Å². The Morgan fingerprint density at radius 3 is 2.70 bits per heavy atom. The number of nitrogens with two attached hydrogens (primary N) is 1. The molecule has 1 aliphatic heterocycles. The van der Waals surface area contributed by atoms with Crippen molar-refractivity contribution in [3.63, 3.8) is 0 Å². The lowest BCUT2D eigenvalue weighted by Gasteiger charge is -2.28. The summed E-state index contributed by atoms with van der Waals surface area (Å²) in [6.45, 7) is 6.53. The van der Waals surface area contributed by atoms with Crippen molar-refractivity contribution in [1.29, 1.82) is 5.26 Å². The Labute approximate surface area is 231 Å². The van der Waals surface area contributed by atoms with Crippen LogP contribution in [-0.2, 0) is 0 Å². The van der Waals surface area contributed by atoms with Crippen molar-refractivity contribution in [3.05, 3.63) is 59.6 Å². The molecule has 206 valence electrons. The van der Waals surface area contributed by atoms with E-state index in [-0.39, 0.29) is 6.04 Å². The molecule has 12 heteroatoms. The molecule has 4 aromatic heterocycles. The van der Waals surface area contributed by atoms with Crippen LogP contribution in [0.2, 0.25) is 0 Å². The van der Waals surface area contributed by atoms with Crippen LogP contribution >= 0.6 is 0 Å². The van der Waals surface area contributed by atoms with Gasteiger partial charge in [-0.1, -0.05) is 17.1 Å². The highest BCUT2D eigenvalue weighted by atomic mass is 19.1. The van der Waals surface area contributed by atoms with Crippen molar-refractivity contribution >= 4 is 5.52 Å². The fourth-order valence-corrected chi connectivity index (χ4v) is 4.71. The van der Waals surface area contributed by atoms with Crippen molar-refractivity contribution in [1.82, 2.24) is 34.5 Å². The van der Waals surface area contributed by atoms with Crippen LogP contribution in [0.5, 0.6) is 5.75 Å². The van der Waals surface area contributed by atoms with E-state index in [1.54, 1.807) is 29.5 Å². The molecule has 0 amide bonds. The van der Waals surface area contributed by atoms with E-state index in [1.807, 2.05) is 23.9 Å². The summed E-state index contributed by atoms with van der Waals surface area (Å²) < 4.78 is 23.4. The van der Waals surface area contributed by atoms with Gasteiger partial charge in [0.2, 0.25) is 0 Å². The Balaban J connectivity index is 1.57. The van der Waals surface area contributed by atoms with Crippen molar-refractivity contribution in [2.45, 2.75) is 51.3 Å². The highest BCUT2D eigenvalue weighted by Crippen LogP contribution is 2.34. The average molecular weight is 544 g/mol. The lowest BCUT2D eigenvalue weighted by atomic mass is 10.0. The number of pyridine rings is 2. The van der Waals surface area contributed by atoms with E-state index in [1.165, 1.54) is 12.1 Å². The zero-order valence-electron chi connectivity index (χ0n) is 22.5. The fraction of sp³-hybridized carbons (Fsp3) is 0.393. The fourth-order valence-electron chi connectivity index (χ4n) is 4.71. The molecule has 0 bridgehead atoms. The highest BCUT2D eigenvalue weighted by Gasteiger charge is 2.25. The van der Waals surface area contributed by atoms with E-state index >= 15 is 0 Å². The highest BCUT2D eigenvalue weighted by molar-refractivity contribution is 5.75. The number of nitrogens with zero attached hydrogens (tertiary/aromatic N) is 8. The largest absolute Gasteiger partial charge is 0.479 e. The molecule has 0 spiro atoms. The van der Waals surface area contributed by atoms with E-state index in [9.17, 15) is 14.8 Å². The summed E-state index contributed by atoms with van der Waals surface area (Å²) >= 11 is 0. The summed E-state index contributed by atoms with van der Waals surface area (Å²) in [5.74, 6) is 6.00. The van der Waals surface area contributed by atoms with Crippen LogP contribution in [0.4, 0.5) is 4.39 Å². The van der Waals surface area contributed by atoms with Crippen LogP contribution in [0.15, 0.2) is 36.8 Å². The van der Waals surface area contributed by atoms with E-state index in [0.29, 0.717) is 46.9 Å². The third-order valence-electron chi connectivity index (χ3n) is 6.76. The number of fused-ring (bicyclic) bond motifs is 1. The van der Waals surface area contributed by atoms with Gasteiger partial charge in [-0.15, -0.1) is 5.10 Å². The first kappa shape index (κ1) is 27.1. The Morgan fingerprint density at radius 1 is 1.27 bits per heavy atom. The van der Waals surface area contributed by atoms with Gasteiger partial charge in [-0.25, -0.2) is 13.6 Å². The number of aromatic nitrogens is 6. The van der Waals surface area contributed by atoms with Gasteiger partial charge in [-0.3, -0.25) is 4.98 Å². The van der Waals surface area contributed by atoms with Crippen molar-refractivity contribution in [3.8, 4) is 35.0 Å². The quantitative estimate of drug-likeness (QED) is 0.277. The van der Waals surface area contributed by atoms with Crippen LogP contribution in [0.1, 0.15) is 55.8 Å². The number of aliphatic hydroxyl groups is 1. The zero-order chi connectivity index (χ0) is 28.4. The molecular weight excluding hydrogens is 513 g/mol. The third kappa shape index (κ3) is 5.59. The number of hydrogen-bond donors (Lipinski definition) is 2. The smallest absolute Gasteiger partial charge is 0.179 e. The standard InChI is InChI=1S/C28H30FN9O2/c1-18-26(34-35-38(18)22-7-10-36(17-30)11-8-22)20-12-24(40-25(16-39)23-5-4-21(29)14-32-23)27-19(6-9-28(2,3)31)13-33-37(27)15-20/h4-5,12-15,22,25,39H,7-8,10-11,16,31H2,1-3H3/t25-/m1/s1. The van der Waals surface area contributed by atoms with Crippen molar-refractivity contribution in [2.75, 3.05) is 19.7 Å². The molecule has 0 aliphatic carbocycles. The first-order chi connectivity index (χ1) is 19.2. The molecule has 11 nitrogen and oxygen atoms in total. The van der Waals surface area contributed by atoms with Gasteiger partial charge in [0.05, 0.1) is 47.5 Å². The lowest BCUT2D eigenvalue weighted by molar-refractivity contribution is 0.114. The average Bonchev–Trinajstić information content (AvgIpc) is 3.54. The maximum absolute atomic E-state index is 13.5. The number of piperidine rings is 1. The molecule has 4 aromatic rings. The maximum Gasteiger partial charge on any atom is 0.179 e. The number of likely N-dealkylation sites (tertiary alicyclic amines) is 1. The van der Waals surface area contributed by atoms with Gasteiger partial charge in [-0.2, -0.15) is 10.4 Å². The maximum atomic E-state index is 13.5. The number of aliphatic hydroxyl groups excluding tert-OH is 1. The third-order valence-corrected chi connectivity index (χ3v) is 6.76. The summed E-state index contributed by atoms with van der Waals surface area (Å²) in [5.41, 5.74) is 9.12. The van der Waals surface area contributed by atoms with Crippen LogP contribution in [-0.4, -0.2) is 64.8 Å². The summed E-state index contributed by atoms with van der Waals surface area (Å²) in [5, 5.41) is 32.8. The first-order valence-corrected chi connectivity index (χ1v) is 13.0. The minimum Gasteiger partial charge on any atom is -0.479 e. The summed E-state index contributed by atoms with van der Waals surface area (Å²) in [7, 11) is 0. The normalized spacial score (nSPS) is 15.0. The molecule has 5 rings (SSSR count). The molecule has 0 unspecified atom stereocenters. The summed E-state index contributed by atoms with van der Waals surface area (Å²) in [6.07, 6.45) is 7.46. The summed E-state index contributed by atoms with van der Waals surface area (Å²) in [6, 6.07) is 4.68. The zero-order valence-corrected chi connectivity index (χ0v) is 22.5. The second-order valence-corrected chi connectivity index (χ2v) is 10.4. The van der Waals surface area contributed by atoms with Gasteiger partial charge in [0.1, 0.15) is 22.8 Å². The molecule has 0 aromatic carbocycles.